The van der Waals surface area contributed by atoms with Crippen molar-refractivity contribution < 1.29 is 14.4 Å². The van der Waals surface area contributed by atoms with Crippen molar-refractivity contribution in [2.45, 2.75) is 38.3 Å². The van der Waals surface area contributed by atoms with Crippen LogP contribution in [0.3, 0.4) is 0 Å². The van der Waals surface area contributed by atoms with E-state index in [9.17, 15) is 14.4 Å². The van der Waals surface area contributed by atoms with E-state index < -0.39 is 6.04 Å². The average Bonchev–Trinajstić information content (AvgIpc) is 2.80. The Kier molecular flexibility index (Phi) is 3.65. The van der Waals surface area contributed by atoms with Crippen LogP contribution in [0.2, 0.25) is 0 Å². The van der Waals surface area contributed by atoms with Gasteiger partial charge in [0.2, 0.25) is 17.7 Å². The highest BCUT2D eigenvalue weighted by Crippen LogP contribution is 2.13. The van der Waals surface area contributed by atoms with E-state index in [0.29, 0.717) is 13.0 Å². The fourth-order valence-electron chi connectivity index (χ4n) is 2.51. The fourth-order valence-corrected chi connectivity index (χ4v) is 2.51. The first-order valence-corrected chi connectivity index (χ1v) is 6.33. The number of hydrogen-bond donors (Lipinski definition) is 1. The molecule has 0 saturated carbocycles. The highest BCUT2D eigenvalue weighted by atomic mass is 16.2. The lowest BCUT2D eigenvalue weighted by Gasteiger charge is -2.23. The molecule has 2 unspecified atom stereocenters. The average molecular weight is 253 g/mol. The molecule has 1 N–H and O–H groups in total. The molecule has 0 bridgehead atoms. The summed E-state index contributed by atoms with van der Waals surface area (Å²) < 4.78 is 0. The van der Waals surface area contributed by atoms with Crippen molar-refractivity contribution >= 4 is 17.7 Å². The zero-order valence-corrected chi connectivity index (χ0v) is 10.8. The molecule has 2 atom stereocenters. The second-order valence-corrected chi connectivity index (χ2v) is 5.06. The Morgan fingerprint density at radius 2 is 2.06 bits per heavy atom. The van der Waals surface area contributed by atoms with Crippen LogP contribution in [0.4, 0.5) is 0 Å². The highest BCUT2D eigenvalue weighted by Gasteiger charge is 2.36. The second-order valence-electron chi connectivity index (χ2n) is 5.06. The van der Waals surface area contributed by atoms with E-state index in [1.165, 1.54) is 7.05 Å². The summed E-state index contributed by atoms with van der Waals surface area (Å²) >= 11 is 0. The maximum Gasteiger partial charge on any atom is 0.246 e. The molecule has 100 valence electrons. The summed E-state index contributed by atoms with van der Waals surface area (Å²) in [5, 5.41) is 3.13. The maximum atomic E-state index is 11.7. The van der Waals surface area contributed by atoms with Gasteiger partial charge in [0.25, 0.3) is 0 Å². The van der Waals surface area contributed by atoms with E-state index in [0.717, 1.165) is 17.9 Å². The predicted molar refractivity (Wildman–Crippen MR) is 64.6 cm³/mol. The minimum atomic E-state index is -0.435. The number of carbonyl (C=O) groups excluding carboxylic acids is 3. The maximum absolute atomic E-state index is 11.7. The van der Waals surface area contributed by atoms with Crippen LogP contribution >= 0.6 is 0 Å². The number of nitrogens with one attached hydrogen (secondary N) is 1. The van der Waals surface area contributed by atoms with Gasteiger partial charge in [0.15, 0.2) is 0 Å². The Labute approximate surface area is 106 Å². The Morgan fingerprint density at radius 1 is 1.33 bits per heavy atom. The Balaban J connectivity index is 1.84. The third-order valence-electron chi connectivity index (χ3n) is 3.53. The van der Waals surface area contributed by atoms with Gasteiger partial charge in [-0.15, -0.1) is 0 Å². The molecule has 6 nitrogen and oxygen atoms in total. The van der Waals surface area contributed by atoms with Gasteiger partial charge in [-0.25, -0.2) is 0 Å². The van der Waals surface area contributed by atoms with Gasteiger partial charge in [0.05, 0.1) is 12.5 Å². The van der Waals surface area contributed by atoms with Crippen LogP contribution in [-0.2, 0) is 14.4 Å². The SMILES string of the molecule is CC(CN1CCCC1=O)NC1CC(=O)N(C)C1=O. The molecular weight excluding hydrogens is 234 g/mol. The van der Waals surface area contributed by atoms with Gasteiger partial charge < -0.3 is 10.2 Å². The van der Waals surface area contributed by atoms with Crippen LogP contribution in [0, 0.1) is 0 Å². The van der Waals surface area contributed by atoms with Gasteiger partial charge in [0, 0.05) is 32.6 Å². The number of carbonyl (C=O) groups is 3. The predicted octanol–water partition coefficient (Wildman–Crippen LogP) is -0.656. The Bertz CT molecular complexity index is 383. The smallest absolute Gasteiger partial charge is 0.246 e. The number of likely N-dealkylation sites (tertiary alicyclic amines) is 2. The van der Waals surface area contributed by atoms with Crippen LogP contribution in [-0.4, -0.2) is 59.7 Å². The number of amides is 3. The number of nitrogens with zero attached hydrogens (tertiary/aromatic N) is 2. The van der Waals surface area contributed by atoms with Gasteiger partial charge in [-0.05, 0) is 13.3 Å². The van der Waals surface area contributed by atoms with Crippen LogP contribution in [0.15, 0.2) is 0 Å². The molecule has 2 saturated heterocycles. The van der Waals surface area contributed by atoms with Crippen molar-refractivity contribution in [2.24, 2.45) is 0 Å². The molecule has 2 rings (SSSR count). The minimum Gasteiger partial charge on any atom is -0.341 e. The summed E-state index contributed by atoms with van der Waals surface area (Å²) in [6, 6.07) is -0.421. The molecule has 0 spiro atoms. The summed E-state index contributed by atoms with van der Waals surface area (Å²) in [4.78, 5) is 37.5. The van der Waals surface area contributed by atoms with Crippen molar-refractivity contribution in [3.63, 3.8) is 0 Å². The van der Waals surface area contributed by atoms with E-state index in [2.05, 4.69) is 5.32 Å². The highest BCUT2D eigenvalue weighted by molar-refractivity contribution is 6.05. The molecule has 2 fully saturated rings. The molecule has 2 aliphatic heterocycles. The summed E-state index contributed by atoms with van der Waals surface area (Å²) in [6.45, 7) is 3.32. The van der Waals surface area contributed by atoms with Crippen LogP contribution < -0.4 is 5.32 Å². The number of imide groups is 1. The summed E-state index contributed by atoms with van der Waals surface area (Å²) in [5.41, 5.74) is 0. The fraction of sp³-hybridized carbons (Fsp3) is 0.750. The quantitative estimate of drug-likeness (QED) is 0.676. The lowest BCUT2D eigenvalue weighted by Crippen LogP contribution is -2.47. The van der Waals surface area contributed by atoms with Crippen LogP contribution in [0.25, 0.3) is 0 Å². The third kappa shape index (κ3) is 2.53. The first-order valence-electron chi connectivity index (χ1n) is 6.33. The van der Waals surface area contributed by atoms with Crippen molar-refractivity contribution in [1.29, 1.82) is 0 Å². The molecule has 6 heteroatoms. The van der Waals surface area contributed by atoms with Crippen molar-refractivity contribution in [3.8, 4) is 0 Å². The third-order valence-corrected chi connectivity index (χ3v) is 3.53. The van der Waals surface area contributed by atoms with Crippen molar-refractivity contribution in [2.75, 3.05) is 20.1 Å². The van der Waals surface area contributed by atoms with Crippen molar-refractivity contribution in [3.05, 3.63) is 0 Å². The molecule has 0 aliphatic carbocycles. The monoisotopic (exact) mass is 253 g/mol. The van der Waals surface area contributed by atoms with E-state index in [1.54, 1.807) is 0 Å². The van der Waals surface area contributed by atoms with E-state index in [-0.39, 0.29) is 30.2 Å². The zero-order chi connectivity index (χ0) is 13.3. The largest absolute Gasteiger partial charge is 0.341 e. The minimum absolute atomic E-state index is 0.0142. The van der Waals surface area contributed by atoms with Gasteiger partial charge >= 0.3 is 0 Å². The molecule has 0 aromatic rings. The summed E-state index contributed by atoms with van der Waals surface area (Å²) in [7, 11) is 1.50. The van der Waals surface area contributed by atoms with Crippen LogP contribution in [0.5, 0.6) is 0 Å². The topological polar surface area (TPSA) is 69.7 Å². The van der Waals surface area contributed by atoms with Gasteiger partial charge in [0.1, 0.15) is 0 Å². The number of hydrogen-bond acceptors (Lipinski definition) is 4. The van der Waals surface area contributed by atoms with E-state index in [4.69, 9.17) is 0 Å². The van der Waals surface area contributed by atoms with Crippen LogP contribution in [0.1, 0.15) is 26.2 Å². The number of rotatable bonds is 4. The molecule has 0 aromatic heterocycles. The van der Waals surface area contributed by atoms with Gasteiger partial charge in [-0.3, -0.25) is 19.3 Å². The van der Waals surface area contributed by atoms with E-state index in [1.807, 2.05) is 11.8 Å². The number of likely N-dealkylation sites (N-methyl/N-ethyl adjacent to an activating group) is 1. The normalized spacial score (nSPS) is 26.3. The first-order chi connectivity index (χ1) is 8.49. The molecule has 2 heterocycles. The van der Waals surface area contributed by atoms with Gasteiger partial charge in [-0.1, -0.05) is 0 Å². The van der Waals surface area contributed by atoms with Crippen molar-refractivity contribution in [1.82, 2.24) is 15.1 Å². The van der Waals surface area contributed by atoms with E-state index >= 15 is 0 Å². The molecular formula is C12H19N3O3. The Morgan fingerprint density at radius 3 is 2.56 bits per heavy atom. The molecule has 18 heavy (non-hydrogen) atoms. The zero-order valence-electron chi connectivity index (χ0n) is 10.8. The lowest BCUT2D eigenvalue weighted by atomic mass is 10.2. The summed E-state index contributed by atoms with van der Waals surface area (Å²) in [6.07, 6.45) is 1.75. The summed E-state index contributed by atoms with van der Waals surface area (Å²) in [5.74, 6) is -0.156. The second kappa shape index (κ2) is 5.06. The molecule has 0 aromatic carbocycles. The Hall–Kier alpha value is -1.43. The first kappa shape index (κ1) is 13.0. The van der Waals surface area contributed by atoms with Gasteiger partial charge in [-0.2, -0.15) is 0 Å². The molecule has 0 radical (unpaired) electrons. The lowest BCUT2D eigenvalue weighted by molar-refractivity contribution is -0.137. The molecule has 3 amide bonds. The molecule has 2 aliphatic rings. The standard InChI is InChI=1S/C12H19N3O3/c1-8(7-15-5-3-4-10(15)16)13-9-6-11(17)14(2)12(9)18/h8-9,13H,3-7H2,1-2H3.